The van der Waals surface area contributed by atoms with E-state index in [0.717, 1.165) is 94.9 Å². The summed E-state index contributed by atoms with van der Waals surface area (Å²) in [5.74, 6) is -0.574. The minimum absolute atomic E-state index is 0.108. The molecule has 0 radical (unpaired) electrons. The summed E-state index contributed by atoms with van der Waals surface area (Å²) in [7, 11) is 0. The number of nitrogens with one attached hydrogen (secondary N) is 1. The lowest BCUT2D eigenvalue weighted by atomic mass is 9.77. The smallest absolute Gasteiger partial charge is 0.246 e. The van der Waals surface area contributed by atoms with Crippen LogP contribution in [0, 0.1) is 0 Å². The second kappa shape index (κ2) is 18.2. The molecule has 0 bridgehead atoms. The lowest BCUT2D eigenvalue weighted by Gasteiger charge is -2.29. The van der Waals surface area contributed by atoms with Crippen LogP contribution in [0.4, 0.5) is 11.4 Å². The van der Waals surface area contributed by atoms with Gasteiger partial charge in [0.25, 0.3) is 0 Å². The van der Waals surface area contributed by atoms with Gasteiger partial charge in [-0.15, -0.1) is 0 Å². The normalized spacial score (nSPS) is 18.2. The zero-order valence-corrected chi connectivity index (χ0v) is 43.1. The molecule has 1 fully saturated rings. The Morgan fingerprint density at radius 2 is 1.15 bits per heavy atom. The van der Waals surface area contributed by atoms with E-state index >= 15 is 0 Å². The molecule has 2 amide bonds. The van der Waals surface area contributed by atoms with Gasteiger partial charge in [0.1, 0.15) is 17.3 Å². The van der Waals surface area contributed by atoms with E-state index in [1.54, 1.807) is 0 Å². The third-order valence-electron chi connectivity index (χ3n) is 14.0. The first-order chi connectivity index (χ1) is 31.6. The van der Waals surface area contributed by atoms with Crippen LogP contribution in [-0.2, 0) is 55.3 Å². The molecule has 0 saturated carbocycles. The largest absolute Gasteiger partial charge is 0.507 e. The zero-order valence-electron chi connectivity index (χ0n) is 43.1. The highest BCUT2D eigenvalue weighted by molar-refractivity contribution is 6.42. The van der Waals surface area contributed by atoms with E-state index in [1.165, 1.54) is 0 Å². The topological polar surface area (TPSA) is 143 Å². The second-order valence-electron chi connectivity index (χ2n) is 23.2. The van der Waals surface area contributed by atoms with Gasteiger partial charge in [-0.2, -0.15) is 0 Å². The van der Waals surface area contributed by atoms with Crippen molar-refractivity contribution in [1.82, 2.24) is 4.90 Å². The molecule has 0 atom stereocenters. The molecule has 2 aliphatic carbocycles. The summed E-state index contributed by atoms with van der Waals surface area (Å²) in [5, 5.41) is 37.8. The molecule has 3 aromatic rings. The number of rotatable bonds is 10. The Hall–Kier alpha value is -5.90. The number of aromatic hydroxyl groups is 2. The van der Waals surface area contributed by atoms with Gasteiger partial charge in [-0.3, -0.25) is 14.4 Å². The SMILES string of the molecule is CCN1CCC2=CC(=C3C(=O)C(c4cc5c(cc4NC(=O)CCc4cc(C(C)(C)C)c(O)c(C(C)(C)C)c4)N(CC)CC5)=C3O)C(=NC(=O)CCc3cc(C(C)(C)C)c(O)c(C(C)(C)C)c3)C=C21. The number of ketones is 1. The molecule has 4 N–H and O–H groups in total. The van der Waals surface area contributed by atoms with E-state index in [4.69, 9.17) is 0 Å². The Bertz CT molecular complexity index is 2680. The number of likely N-dealkylation sites (tertiary alicyclic amines) is 1. The average molecular weight is 923 g/mol. The molecule has 0 spiro atoms. The maximum atomic E-state index is 14.7. The van der Waals surface area contributed by atoms with E-state index in [9.17, 15) is 29.7 Å². The minimum atomic E-state index is -0.375. The van der Waals surface area contributed by atoms with Gasteiger partial charge in [0.2, 0.25) is 17.6 Å². The second-order valence-corrected chi connectivity index (χ2v) is 23.2. The summed E-state index contributed by atoms with van der Waals surface area (Å²) in [6.07, 6.45) is 6.42. The van der Waals surface area contributed by atoms with Crippen molar-refractivity contribution in [3.05, 3.63) is 121 Å². The summed E-state index contributed by atoms with van der Waals surface area (Å²) in [6, 6.07) is 11.8. The maximum Gasteiger partial charge on any atom is 0.246 e. The van der Waals surface area contributed by atoms with Gasteiger partial charge in [0.15, 0.2) is 0 Å². The molecule has 68 heavy (non-hydrogen) atoms. The Morgan fingerprint density at radius 3 is 1.63 bits per heavy atom. The molecule has 0 aromatic heterocycles. The van der Waals surface area contributed by atoms with Gasteiger partial charge in [0.05, 0.1) is 22.5 Å². The lowest BCUT2D eigenvalue weighted by Crippen LogP contribution is -2.27. The number of aliphatic hydroxyl groups excluding tert-OH is 1. The molecule has 10 nitrogen and oxygen atoms in total. The van der Waals surface area contributed by atoms with Crippen molar-refractivity contribution in [1.29, 1.82) is 0 Å². The fourth-order valence-electron chi connectivity index (χ4n) is 10.0. The van der Waals surface area contributed by atoms with Crippen LogP contribution in [0.2, 0.25) is 0 Å². The number of anilines is 2. The minimum Gasteiger partial charge on any atom is -0.507 e. The number of allylic oxidation sites excluding steroid dienone is 6. The Labute approximate surface area is 404 Å². The highest BCUT2D eigenvalue weighted by atomic mass is 16.3. The van der Waals surface area contributed by atoms with Crippen LogP contribution in [0.25, 0.3) is 5.57 Å². The number of aryl methyl sites for hydroxylation is 2. The van der Waals surface area contributed by atoms with Gasteiger partial charge in [-0.05, 0) is 130 Å². The number of fused-ring (bicyclic) bond motifs is 2. The van der Waals surface area contributed by atoms with Crippen molar-refractivity contribution in [2.75, 3.05) is 36.4 Å². The number of phenolic OH excluding ortho intramolecular Hbond substituents is 2. The predicted octanol–water partition coefficient (Wildman–Crippen LogP) is 11.5. The first-order valence-electron chi connectivity index (χ1n) is 24.6. The molecule has 7 rings (SSSR count). The highest BCUT2D eigenvalue weighted by Crippen LogP contribution is 2.47. The Morgan fingerprint density at radius 1 is 0.647 bits per heavy atom. The number of aliphatic hydroxyl groups is 1. The van der Waals surface area contributed by atoms with Gasteiger partial charge in [0, 0.05) is 61.5 Å². The summed E-state index contributed by atoms with van der Waals surface area (Å²) in [4.78, 5) is 51.7. The molecule has 4 aliphatic rings. The number of hydrogen-bond acceptors (Lipinski definition) is 8. The van der Waals surface area contributed by atoms with Crippen LogP contribution in [0.1, 0.15) is 161 Å². The lowest BCUT2D eigenvalue weighted by molar-refractivity contribution is -0.118. The van der Waals surface area contributed by atoms with Crippen LogP contribution in [0.5, 0.6) is 11.5 Å². The van der Waals surface area contributed by atoms with E-state index in [-0.39, 0.29) is 74.8 Å². The van der Waals surface area contributed by atoms with E-state index < -0.39 is 0 Å². The molecule has 2 aliphatic heterocycles. The third-order valence-corrected chi connectivity index (χ3v) is 14.0. The number of carbonyl (C=O) groups is 3. The summed E-state index contributed by atoms with van der Waals surface area (Å²) in [6.45, 7) is 32.1. The molecule has 1 saturated heterocycles. The molecule has 2 heterocycles. The zero-order chi connectivity index (χ0) is 50.0. The number of carbonyl (C=O) groups excluding carboxylic acids is 3. The standard InChI is InChI=1S/C58H74N4O6/c1-15-61-23-21-35-29-37(43(31-45(35)61)59-47(63)19-17-33-25-39(55(3,4)5)51(65)40(26-33)56(6,7)8)49-53(67)50(54(49)68)38-30-36-22-24-62(16-2)46(36)32-44(38)60-48(64)20-18-34-27-41(57(9,10)11)52(66)42(28-34)58(12,13)14/h25-32,65-67H,15-24H2,1-14H3,(H,59,63). The molecule has 10 heteroatoms. The van der Waals surface area contributed by atoms with Gasteiger partial charge in [-0.25, -0.2) is 4.99 Å². The number of hydrogen-bond donors (Lipinski definition) is 4. The van der Waals surface area contributed by atoms with Crippen molar-refractivity contribution in [3.8, 4) is 11.5 Å². The van der Waals surface area contributed by atoms with Crippen LogP contribution in [0.15, 0.2) is 81.7 Å². The maximum absolute atomic E-state index is 14.7. The molecular weight excluding hydrogens is 849 g/mol. The number of likely N-dealkylation sites (N-methyl/N-ethyl adjacent to an activating group) is 2. The van der Waals surface area contributed by atoms with Crippen molar-refractivity contribution < 1.29 is 29.7 Å². The summed E-state index contributed by atoms with van der Waals surface area (Å²) < 4.78 is 0. The Balaban J connectivity index is 1.23. The van der Waals surface area contributed by atoms with Crippen molar-refractivity contribution in [3.63, 3.8) is 0 Å². The highest BCUT2D eigenvalue weighted by Gasteiger charge is 2.41. The van der Waals surface area contributed by atoms with Crippen molar-refractivity contribution >= 4 is 40.3 Å². The molecule has 3 aromatic carbocycles. The molecule has 0 unspecified atom stereocenters. The van der Waals surface area contributed by atoms with Crippen molar-refractivity contribution in [2.45, 2.75) is 157 Å². The number of aliphatic imine (C=N–C) groups is 1. The van der Waals surface area contributed by atoms with Gasteiger partial charge >= 0.3 is 0 Å². The average Bonchev–Trinajstić information content (AvgIpc) is 3.83. The van der Waals surface area contributed by atoms with Crippen molar-refractivity contribution in [2.24, 2.45) is 4.99 Å². The summed E-state index contributed by atoms with van der Waals surface area (Å²) >= 11 is 0. The fourth-order valence-corrected chi connectivity index (χ4v) is 10.0. The molecular formula is C58H74N4O6. The van der Waals surface area contributed by atoms with Gasteiger partial charge < -0.3 is 30.4 Å². The van der Waals surface area contributed by atoms with E-state index in [0.29, 0.717) is 41.1 Å². The van der Waals surface area contributed by atoms with Crippen LogP contribution in [-0.4, -0.2) is 69.7 Å². The number of amides is 2. The molecule has 362 valence electrons. The quantitative estimate of drug-likeness (QED) is 0.147. The number of phenols is 2. The monoisotopic (exact) mass is 923 g/mol. The fraction of sp³-hybridized carbons (Fsp3) is 0.483. The van der Waals surface area contributed by atoms with E-state index in [2.05, 4.69) is 117 Å². The predicted molar refractivity (Wildman–Crippen MR) is 276 cm³/mol. The first kappa shape index (κ1) is 50.0. The number of benzene rings is 3. The summed E-state index contributed by atoms with van der Waals surface area (Å²) in [5.41, 5.74) is 9.86. The van der Waals surface area contributed by atoms with Gasteiger partial charge in [-0.1, -0.05) is 107 Å². The van der Waals surface area contributed by atoms with E-state index in [1.807, 2.05) is 48.6 Å². The Kier molecular flexibility index (Phi) is 13.4. The van der Waals surface area contributed by atoms with Crippen LogP contribution < -0.4 is 10.2 Å². The third kappa shape index (κ3) is 9.83. The number of Topliss-reactive ketones (excluding diaryl/α,β-unsaturated/α-hetero) is 1. The van der Waals surface area contributed by atoms with Crippen LogP contribution in [0.3, 0.4) is 0 Å². The van der Waals surface area contributed by atoms with Crippen LogP contribution >= 0.6 is 0 Å². The number of nitrogens with zero attached hydrogens (tertiary/aromatic N) is 3. The first-order valence-corrected chi connectivity index (χ1v) is 24.6.